The molecule has 4 heterocycles. The predicted octanol–water partition coefficient (Wildman–Crippen LogP) is 0.942. The van der Waals surface area contributed by atoms with Crippen molar-refractivity contribution >= 4 is 34.7 Å². The molecular formula is C18H17F2N7O3. The van der Waals surface area contributed by atoms with Gasteiger partial charge in [-0.15, -0.1) is 0 Å². The van der Waals surface area contributed by atoms with Crippen molar-refractivity contribution in [2.75, 3.05) is 11.1 Å². The van der Waals surface area contributed by atoms with E-state index in [0.717, 1.165) is 4.57 Å². The van der Waals surface area contributed by atoms with E-state index in [1.54, 1.807) is 0 Å². The fourth-order valence-corrected chi connectivity index (χ4v) is 3.67. The second-order valence-corrected chi connectivity index (χ2v) is 6.75. The fraction of sp³-hybridized carbons (Fsp3) is 0.278. The zero-order valence-corrected chi connectivity index (χ0v) is 15.5. The third-order valence-corrected chi connectivity index (χ3v) is 5.00. The summed E-state index contributed by atoms with van der Waals surface area (Å²) in [4.78, 5) is 43.9. The van der Waals surface area contributed by atoms with Crippen molar-refractivity contribution < 1.29 is 18.4 Å². The van der Waals surface area contributed by atoms with Gasteiger partial charge in [0.25, 0.3) is 5.56 Å². The van der Waals surface area contributed by atoms with Gasteiger partial charge < -0.3 is 16.4 Å². The number of alkyl halides is 2. The molecule has 0 bridgehead atoms. The zero-order valence-electron chi connectivity index (χ0n) is 15.5. The summed E-state index contributed by atoms with van der Waals surface area (Å²) >= 11 is 0. The molecule has 1 atom stereocenters. The molecule has 4 N–H and O–H groups in total. The number of aromatic nitrogens is 4. The van der Waals surface area contributed by atoms with E-state index in [0.29, 0.717) is 30.5 Å². The number of hydrogen-bond acceptors (Lipinski definition) is 6. The second kappa shape index (κ2) is 7.54. The van der Waals surface area contributed by atoms with E-state index in [4.69, 9.17) is 5.73 Å². The largest absolute Gasteiger partial charge is 0.384 e. The van der Waals surface area contributed by atoms with Crippen molar-refractivity contribution in [3.8, 4) is 0 Å². The normalized spacial score (nSPS) is 15.4. The van der Waals surface area contributed by atoms with Gasteiger partial charge in [0.2, 0.25) is 12.3 Å². The number of nitrogens with one attached hydrogen (secondary N) is 2. The van der Waals surface area contributed by atoms with Gasteiger partial charge in [0.15, 0.2) is 0 Å². The highest BCUT2D eigenvalue weighted by atomic mass is 19.3. The number of amides is 2. The van der Waals surface area contributed by atoms with Crippen LogP contribution >= 0.6 is 0 Å². The minimum absolute atomic E-state index is 0.0450. The van der Waals surface area contributed by atoms with Crippen LogP contribution in [0.3, 0.4) is 0 Å². The van der Waals surface area contributed by atoms with Crippen molar-refractivity contribution in [2.45, 2.75) is 32.0 Å². The van der Waals surface area contributed by atoms with Gasteiger partial charge in [-0.25, -0.2) is 9.97 Å². The number of fused-ring (bicyclic) bond motifs is 2. The van der Waals surface area contributed by atoms with Crippen molar-refractivity contribution in [2.24, 2.45) is 0 Å². The Kier molecular flexibility index (Phi) is 4.90. The van der Waals surface area contributed by atoms with Crippen molar-refractivity contribution in [3.63, 3.8) is 0 Å². The summed E-state index contributed by atoms with van der Waals surface area (Å²) in [5, 5.41) is 5.32. The summed E-state index contributed by atoms with van der Waals surface area (Å²) in [5.74, 6) is 0.0109. The highest BCUT2D eigenvalue weighted by Crippen LogP contribution is 2.27. The summed E-state index contributed by atoms with van der Waals surface area (Å²) in [6, 6.07) is 1.99. The Morgan fingerprint density at radius 1 is 1.33 bits per heavy atom. The summed E-state index contributed by atoms with van der Waals surface area (Å²) in [6.45, 7) is -3.02. The van der Waals surface area contributed by atoms with Crippen LogP contribution in [0.1, 0.15) is 30.5 Å². The molecule has 0 aromatic carbocycles. The number of carbonyl (C=O) groups is 2. The van der Waals surface area contributed by atoms with E-state index in [2.05, 4.69) is 20.6 Å². The van der Waals surface area contributed by atoms with E-state index in [-0.39, 0.29) is 29.3 Å². The van der Waals surface area contributed by atoms with Crippen LogP contribution < -0.4 is 21.9 Å². The van der Waals surface area contributed by atoms with E-state index in [1.165, 1.54) is 29.1 Å². The van der Waals surface area contributed by atoms with Crippen molar-refractivity contribution in [1.82, 2.24) is 24.4 Å². The fourth-order valence-electron chi connectivity index (χ4n) is 3.67. The lowest BCUT2D eigenvalue weighted by atomic mass is 10.2. The lowest BCUT2D eigenvalue weighted by Crippen LogP contribution is -2.36. The van der Waals surface area contributed by atoms with E-state index in [1.807, 2.05) is 0 Å². The van der Waals surface area contributed by atoms with E-state index < -0.39 is 24.1 Å². The smallest absolute Gasteiger partial charge is 0.319 e. The first-order valence-corrected chi connectivity index (χ1v) is 9.02. The number of rotatable bonds is 6. The third kappa shape index (κ3) is 3.25. The molecule has 30 heavy (non-hydrogen) atoms. The molecular weight excluding hydrogens is 400 g/mol. The van der Waals surface area contributed by atoms with Crippen molar-refractivity contribution in [3.05, 3.63) is 46.4 Å². The van der Waals surface area contributed by atoms with E-state index >= 15 is 0 Å². The minimum Gasteiger partial charge on any atom is -0.384 e. The van der Waals surface area contributed by atoms with Gasteiger partial charge in [-0.2, -0.15) is 8.78 Å². The summed E-state index contributed by atoms with van der Waals surface area (Å²) < 4.78 is 29.2. The number of carbonyl (C=O) groups excluding carboxylic acids is 2. The van der Waals surface area contributed by atoms with Crippen LogP contribution in [0.15, 0.2) is 29.3 Å². The van der Waals surface area contributed by atoms with Crippen LogP contribution in [0.2, 0.25) is 0 Å². The van der Waals surface area contributed by atoms with Gasteiger partial charge in [-0.05, 0) is 12.5 Å². The Morgan fingerprint density at radius 3 is 2.87 bits per heavy atom. The molecule has 0 aliphatic carbocycles. The number of hydrogen-bond donors (Lipinski definition) is 3. The molecule has 0 spiro atoms. The van der Waals surface area contributed by atoms with Crippen LogP contribution in [0.5, 0.6) is 0 Å². The molecule has 0 saturated carbocycles. The van der Waals surface area contributed by atoms with Gasteiger partial charge in [0, 0.05) is 29.8 Å². The number of aryl methyl sites for hydroxylation is 1. The molecule has 1 aliphatic heterocycles. The van der Waals surface area contributed by atoms with Gasteiger partial charge in [-0.3, -0.25) is 23.5 Å². The average molecular weight is 417 g/mol. The first-order valence-electron chi connectivity index (χ1n) is 9.02. The Labute approximate surface area is 167 Å². The molecule has 0 saturated heterocycles. The maximum Gasteiger partial charge on any atom is 0.319 e. The maximum absolute atomic E-state index is 13.6. The minimum atomic E-state index is -2.84. The third-order valence-electron chi connectivity index (χ3n) is 5.00. The molecule has 12 heteroatoms. The molecule has 1 aliphatic rings. The lowest BCUT2D eigenvalue weighted by Gasteiger charge is -2.16. The van der Waals surface area contributed by atoms with Crippen LogP contribution in [0, 0.1) is 0 Å². The number of nitrogens with zero attached hydrogens (tertiary/aromatic N) is 4. The van der Waals surface area contributed by atoms with Crippen LogP contribution in [0.25, 0.3) is 10.9 Å². The molecule has 1 unspecified atom stereocenters. The maximum atomic E-state index is 13.6. The number of nitrogens with two attached hydrogens (primary N) is 1. The SMILES string of the molecule is Nc1cc2c(cn1)cc(CNC(=O)C1CCc3ncc(NC=O)c(=O)n31)n2C(F)F. The van der Waals surface area contributed by atoms with E-state index in [9.17, 15) is 23.2 Å². The second-order valence-electron chi connectivity index (χ2n) is 6.75. The van der Waals surface area contributed by atoms with Crippen LogP contribution in [-0.2, 0) is 22.6 Å². The van der Waals surface area contributed by atoms with Gasteiger partial charge >= 0.3 is 6.55 Å². The number of halogens is 2. The van der Waals surface area contributed by atoms with Gasteiger partial charge in [0.05, 0.1) is 18.3 Å². The lowest BCUT2D eigenvalue weighted by molar-refractivity contribution is -0.124. The Morgan fingerprint density at radius 2 is 2.13 bits per heavy atom. The molecule has 156 valence electrons. The highest BCUT2D eigenvalue weighted by Gasteiger charge is 2.31. The number of nitrogen functional groups attached to an aromatic ring is 1. The number of anilines is 2. The molecule has 10 nitrogen and oxygen atoms in total. The molecule has 0 fully saturated rings. The average Bonchev–Trinajstić information content (AvgIpc) is 3.30. The summed E-state index contributed by atoms with van der Waals surface area (Å²) in [7, 11) is 0. The first-order chi connectivity index (χ1) is 14.4. The predicted molar refractivity (Wildman–Crippen MR) is 103 cm³/mol. The highest BCUT2D eigenvalue weighted by molar-refractivity contribution is 5.84. The molecule has 3 aromatic heterocycles. The Balaban J connectivity index is 1.59. The van der Waals surface area contributed by atoms with Crippen molar-refractivity contribution in [1.29, 1.82) is 0 Å². The molecule has 2 amide bonds. The Bertz CT molecular complexity index is 1200. The quantitative estimate of drug-likeness (QED) is 0.511. The molecule has 4 rings (SSSR count). The monoisotopic (exact) mass is 417 g/mol. The molecule has 0 radical (unpaired) electrons. The standard InChI is InChI=1S/C18H17F2N7O3/c19-18(20)26-10(3-9-5-22-14(21)4-13(9)26)6-24-16(29)12-1-2-15-23-7-11(25-8-28)17(30)27(12)15/h3-5,7-8,12,18H,1-2,6H2,(H2,21,22)(H,24,29)(H,25,28). The summed E-state index contributed by atoms with van der Waals surface area (Å²) in [5.41, 5.74) is 5.38. The van der Waals surface area contributed by atoms with Crippen LogP contribution in [-0.4, -0.2) is 31.4 Å². The van der Waals surface area contributed by atoms with Crippen LogP contribution in [0.4, 0.5) is 20.3 Å². The number of pyridine rings is 1. The Hall–Kier alpha value is -3.83. The topological polar surface area (TPSA) is 137 Å². The van der Waals surface area contributed by atoms with Gasteiger partial charge in [-0.1, -0.05) is 0 Å². The first kappa shape index (κ1) is 19.5. The molecule has 3 aromatic rings. The zero-order chi connectivity index (χ0) is 21.4. The van der Waals surface area contributed by atoms with Gasteiger partial charge in [0.1, 0.15) is 23.4 Å². The summed E-state index contributed by atoms with van der Waals surface area (Å²) in [6.07, 6.45) is 3.70.